The summed E-state index contributed by atoms with van der Waals surface area (Å²) in [6.07, 6.45) is 4.90. The molecule has 1 aliphatic heterocycles. The molecule has 26 heavy (non-hydrogen) atoms. The Hall–Kier alpha value is -2.18. The molecular weight excluding hydrogens is 352 g/mol. The van der Waals surface area contributed by atoms with E-state index in [1.54, 1.807) is 42.2 Å². The Morgan fingerprint density at radius 3 is 2.42 bits per heavy atom. The van der Waals surface area contributed by atoms with Crippen molar-refractivity contribution in [2.75, 3.05) is 20.1 Å². The first-order valence-corrected chi connectivity index (χ1v) is 9.11. The van der Waals surface area contributed by atoms with Gasteiger partial charge in [-0.1, -0.05) is 11.6 Å². The maximum atomic E-state index is 12.8. The Balaban J connectivity index is 1.61. The number of Topliss-reactive ketones (excluding diaryl/α,β-unsaturated/α-hetero) is 1. The number of nitrogens with one attached hydrogen (secondary N) is 1. The maximum absolute atomic E-state index is 12.8. The molecule has 1 saturated heterocycles. The average Bonchev–Trinajstić information content (AvgIpc) is 3.08. The molecule has 1 fully saturated rings. The van der Waals surface area contributed by atoms with Gasteiger partial charge in [-0.2, -0.15) is 5.10 Å². The Morgan fingerprint density at radius 2 is 1.88 bits per heavy atom. The number of hydrogen-bond donors (Lipinski definition) is 1. The van der Waals surface area contributed by atoms with Gasteiger partial charge in [-0.25, -0.2) is 0 Å². The second-order valence-corrected chi connectivity index (χ2v) is 7.08. The lowest BCUT2D eigenvalue weighted by molar-refractivity contribution is -0.134. The number of benzene rings is 1. The van der Waals surface area contributed by atoms with E-state index >= 15 is 0 Å². The molecule has 1 aromatic carbocycles. The number of amides is 1. The van der Waals surface area contributed by atoms with Crippen LogP contribution in [-0.2, 0) is 11.8 Å². The molecule has 2 aromatic rings. The van der Waals surface area contributed by atoms with Gasteiger partial charge in [-0.05, 0) is 44.2 Å². The second-order valence-electron chi connectivity index (χ2n) is 6.64. The number of piperidine rings is 1. The van der Waals surface area contributed by atoms with E-state index < -0.39 is 6.04 Å². The smallest absolute Gasteiger partial charge is 0.244 e. The monoisotopic (exact) mass is 374 g/mol. The lowest BCUT2D eigenvalue weighted by Crippen LogP contribution is -2.45. The SMILES string of the molecule is CNC(C(=O)N1CCC(C(=O)c2ccc(Cl)cc2)CC1)c1cnn(C)c1. The van der Waals surface area contributed by atoms with Crippen molar-refractivity contribution < 1.29 is 9.59 Å². The predicted octanol–water partition coefficient (Wildman–Crippen LogP) is 2.46. The lowest BCUT2D eigenvalue weighted by Gasteiger charge is -2.33. The van der Waals surface area contributed by atoms with Crippen molar-refractivity contribution >= 4 is 23.3 Å². The van der Waals surface area contributed by atoms with Gasteiger partial charge in [-0.15, -0.1) is 0 Å². The third-order valence-corrected chi connectivity index (χ3v) is 5.15. The van der Waals surface area contributed by atoms with E-state index in [4.69, 9.17) is 11.6 Å². The van der Waals surface area contributed by atoms with Crippen LogP contribution in [0.5, 0.6) is 0 Å². The fourth-order valence-corrected chi connectivity index (χ4v) is 3.54. The molecular formula is C19H23ClN4O2. The number of carbonyl (C=O) groups excluding carboxylic acids is 2. The summed E-state index contributed by atoms with van der Waals surface area (Å²) in [6.45, 7) is 1.17. The normalized spacial score (nSPS) is 16.5. The number of hydrogen-bond acceptors (Lipinski definition) is 4. The zero-order valence-corrected chi connectivity index (χ0v) is 15.7. The Bertz CT molecular complexity index is 779. The number of halogens is 1. The molecule has 0 bridgehead atoms. The van der Waals surface area contributed by atoms with Crippen LogP contribution in [-0.4, -0.2) is 46.5 Å². The van der Waals surface area contributed by atoms with Crippen LogP contribution in [0.1, 0.15) is 34.8 Å². The molecule has 3 rings (SSSR count). The maximum Gasteiger partial charge on any atom is 0.244 e. The number of aromatic nitrogens is 2. The second kappa shape index (κ2) is 8.01. The van der Waals surface area contributed by atoms with Crippen molar-refractivity contribution in [1.82, 2.24) is 20.0 Å². The first-order chi connectivity index (χ1) is 12.5. The van der Waals surface area contributed by atoms with E-state index in [0.29, 0.717) is 36.5 Å². The highest BCUT2D eigenvalue weighted by atomic mass is 35.5. The van der Waals surface area contributed by atoms with E-state index in [2.05, 4.69) is 10.4 Å². The quantitative estimate of drug-likeness (QED) is 0.816. The van der Waals surface area contributed by atoms with Crippen LogP contribution in [0.3, 0.4) is 0 Å². The van der Waals surface area contributed by atoms with E-state index in [9.17, 15) is 9.59 Å². The molecule has 1 N–H and O–H groups in total. The molecule has 1 aliphatic rings. The van der Waals surface area contributed by atoms with Gasteiger partial charge in [0.15, 0.2) is 5.78 Å². The highest BCUT2D eigenvalue weighted by Crippen LogP contribution is 2.25. The number of likely N-dealkylation sites (N-methyl/N-ethyl adjacent to an activating group) is 1. The van der Waals surface area contributed by atoms with Crippen LogP contribution in [0.4, 0.5) is 0 Å². The van der Waals surface area contributed by atoms with Gasteiger partial charge in [-0.3, -0.25) is 14.3 Å². The van der Waals surface area contributed by atoms with Gasteiger partial charge in [0, 0.05) is 48.4 Å². The zero-order chi connectivity index (χ0) is 18.7. The highest BCUT2D eigenvalue weighted by molar-refractivity contribution is 6.30. The fourth-order valence-electron chi connectivity index (χ4n) is 3.42. The van der Waals surface area contributed by atoms with E-state index in [1.807, 2.05) is 18.1 Å². The summed E-state index contributed by atoms with van der Waals surface area (Å²) in [5.74, 6) is 0.107. The molecule has 0 aliphatic carbocycles. The molecule has 138 valence electrons. The van der Waals surface area contributed by atoms with Crippen LogP contribution in [0.2, 0.25) is 5.02 Å². The lowest BCUT2D eigenvalue weighted by atomic mass is 9.88. The van der Waals surface area contributed by atoms with Gasteiger partial charge in [0.05, 0.1) is 6.20 Å². The summed E-state index contributed by atoms with van der Waals surface area (Å²) in [6, 6.07) is 6.59. The number of carbonyl (C=O) groups is 2. The third-order valence-electron chi connectivity index (χ3n) is 4.90. The number of likely N-dealkylation sites (tertiary alicyclic amines) is 1. The van der Waals surface area contributed by atoms with Crippen molar-refractivity contribution in [3.63, 3.8) is 0 Å². The zero-order valence-electron chi connectivity index (χ0n) is 15.0. The van der Waals surface area contributed by atoms with E-state index in [1.165, 1.54) is 0 Å². The van der Waals surface area contributed by atoms with Gasteiger partial charge < -0.3 is 10.2 Å². The summed E-state index contributed by atoms with van der Waals surface area (Å²) in [4.78, 5) is 27.3. The first-order valence-electron chi connectivity index (χ1n) is 8.74. The predicted molar refractivity (Wildman–Crippen MR) is 100 cm³/mol. The highest BCUT2D eigenvalue weighted by Gasteiger charge is 2.31. The molecule has 1 amide bonds. The van der Waals surface area contributed by atoms with Crippen molar-refractivity contribution in [3.8, 4) is 0 Å². The third kappa shape index (κ3) is 3.97. The van der Waals surface area contributed by atoms with Gasteiger partial charge in [0.25, 0.3) is 0 Å². The van der Waals surface area contributed by atoms with Crippen molar-refractivity contribution in [2.45, 2.75) is 18.9 Å². The summed E-state index contributed by atoms with van der Waals surface area (Å²) >= 11 is 5.88. The first kappa shape index (κ1) is 18.6. The number of ketones is 1. The van der Waals surface area contributed by atoms with Crippen LogP contribution >= 0.6 is 11.6 Å². The largest absolute Gasteiger partial charge is 0.341 e. The van der Waals surface area contributed by atoms with Crippen LogP contribution in [0.25, 0.3) is 0 Å². The standard InChI is InChI=1S/C19H23ClN4O2/c1-21-17(15-11-22-23(2)12-15)19(26)24-9-7-14(8-10-24)18(25)13-3-5-16(20)6-4-13/h3-6,11-12,14,17,21H,7-10H2,1-2H3. The average molecular weight is 375 g/mol. The van der Waals surface area contributed by atoms with Crippen molar-refractivity contribution in [3.05, 3.63) is 52.8 Å². The van der Waals surface area contributed by atoms with Gasteiger partial charge in [0.2, 0.25) is 5.91 Å². The number of aryl methyl sites for hydroxylation is 1. The molecule has 2 heterocycles. The minimum Gasteiger partial charge on any atom is -0.341 e. The summed E-state index contributed by atoms with van der Waals surface area (Å²) < 4.78 is 1.68. The number of rotatable bonds is 5. The minimum atomic E-state index is -0.410. The van der Waals surface area contributed by atoms with Crippen LogP contribution < -0.4 is 5.32 Å². The van der Waals surface area contributed by atoms with Crippen molar-refractivity contribution in [2.24, 2.45) is 13.0 Å². The molecule has 0 spiro atoms. The fraction of sp³-hybridized carbons (Fsp3) is 0.421. The topological polar surface area (TPSA) is 67.2 Å². The molecule has 1 unspecified atom stereocenters. The van der Waals surface area contributed by atoms with E-state index in [0.717, 1.165) is 5.56 Å². The molecule has 1 aromatic heterocycles. The Morgan fingerprint density at radius 1 is 1.23 bits per heavy atom. The van der Waals surface area contributed by atoms with Crippen LogP contribution in [0.15, 0.2) is 36.7 Å². The Labute approximate surface area is 158 Å². The molecule has 0 radical (unpaired) electrons. The van der Waals surface area contributed by atoms with Gasteiger partial charge >= 0.3 is 0 Å². The van der Waals surface area contributed by atoms with Crippen molar-refractivity contribution in [1.29, 1.82) is 0 Å². The molecule has 0 saturated carbocycles. The number of nitrogens with zero attached hydrogens (tertiary/aromatic N) is 3. The summed E-state index contributed by atoms with van der Waals surface area (Å²) in [7, 11) is 3.60. The molecule has 6 nitrogen and oxygen atoms in total. The minimum absolute atomic E-state index is 0.0258. The Kier molecular flexibility index (Phi) is 5.74. The van der Waals surface area contributed by atoms with Crippen LogP contribution in [0, 0.1) is 5.92 Å². The molecule has 1 atom stereocenters. The summed E-state index contributed by atoms with van der Waals surface area (Å²) in [5, 5.41) is 7.83. The molecule has 7 heteroatoms. The summed E-state index contributed by atoms with van der Waals surface area (Å²) in [5.41, 5.74) is 1.53. The van der Waals surface area contributed by atoms with Gasteiger partial charge in [0.1, 0.15) is 6.04 Å². The van der Waals surface area contributed by atoms with E-state index in [-0.39, 0.29) is 17.6 Å².